The highest BCUT2D eigenvalue weighted by Gasteiger charge is 2.27. The highest BCUT2D eigenvalue weighted by atomic mass is 16.5. The van der Waals surface area contributed by atoms with Crippen LogP contribution in [0.25, 0.3) is 0 Å². The first-order valence-corrected chi connectivity index (χ1v) is 6.32. The van der Waals surface area contributed by atoms with Crippen molar-refractivity contribution in [2.45, 2.75) is 19.4 Å². The van der Waals surface area contributed by atoms with Gasteiger partial charge in [-0.05, 0) is 24.1 Å². The second-order valence-corrected chi connectivity index (χ2v) is 4.47. The summed E-state index contributed by atoms with van der Waals surface area (Å²) in [6, 6.07) is 6.23. The summed E-state index contributed by atoms with van der Waals surface area (Å²) in [7, 11) is 0. The van der Waals surface area contributed by atoms with Gasteiger partial charge in [0.1, 0.15) is 0 Å². The number of hydrogen-bond acceptors (Lipinski definition) is 5. The summed E-state index contributed by atoms with van der Waals surface area (Å²) in [6.07, 6.45) is 1.02. The Morgan fingerprint density at radius 3 is 2.50 bits per heavy atom. The fourth-order valence-electron chi connectivity index (χ4n) is 1.95. The number of nitrogens with zero attached hydrogens (tertiary/aromatic N) is 1. The van der Waals surface area contributed by atoms with E-state index in [-0.39, 0.29) is 12.5 Å². The number of imide groups is 1. The van der Waals surface area contributed by atoms with Crippen LogP contribution in [-0.4, -0.2) is 40.9 Å². The van der Waals surface area contributed by atoms with Crippen LogP contribution in [0, 0.1) is 0 Å². The summed E-state index contributed by atoms with van der Waals surface area (Å²) in [6.45, 7) is -0.155. The molecule has 1 aliphatic rings. The largest absolute Gasteiger partial charge is 0.452 e. The molecule has 0 bridgehead atoms. The maximum Gasteiger partial charge on any atom is 0.338 e. The molecule has 1 heterocycles. The molecule has 6 nitrogen and oxygen atoms in total. The van der Waals surface area contributed by atoms with Gasteiger partial charge >= 0.3 is 5.97 Å². The smallest absolute Gasteiger partial charge is 0.338 e. The van der Waals surface area contributed by atoms with E-state index < -0.39 is 18.5 Å². The van der Waals surface area contributed by atoms with E-state index in [2.05, 4.69) is 0 Å². The number of likely N-dealkylation sites (tertiary alicyclic amines) is 1. The van der Waals surface area contributed by atoms with Crippen molar-refractivity contribution in [1.29, 1.82) is 0 Å². The zero-order valence-corrected chi connectivity index (χ0v) is 10.9. The topological polar surface area (TPSA) is 83.9 Å². The van der Waals surface area contributed by atoms with Crippen molar-refractivity contribution in [3.63, 3.8) is 0 Å². The third kappa shape index (κ3) is 3.21. The molecule has 0 atom stereocenters. The molecule has 6 heteroatoms. The van der Waals surface area contributed by atoms with E-state index in [4.69, 9.17) is 9.84 Å². The van der Waals surface area contributed by atoms with Crippen LogP contribution in [0.4, 0.5) is 0 Å². The maximum absolute atomic E-state index is 11.7. The molecule has 1 aromatic rings. The monoisotopic (exact) mass is 277 g/mol. The van der Waals surface area contributed by atoms with Gasteiger partial charge in [0, 0.05) is 13.0 Å². The zero-order chi connectivity index (χ0) is 14.5. The average molecular weight is 277 g/mol. The Morgan fingerprint density at radius 2 is 1.95 bits per heavy atom. The first-order valence-electron chi connectivity index (χ1n) is 6.32. The second-order valence-electron chi connectivity index (χ2n) is 4.47. The van der Waals surface area contributed by atoms with Gasteiger partial charge in [0.15, 0.2) is 6.61 Å². The van der Waals surface area contributed by atoms with Crippen LogP contribution >= 0.6 is 0 Å². The quantitative estimate of drug-likeness (QED) is 0.809. The molecule has 1 saturated heterocycles. The molecule has 0 unspecified atom stereocenters. The van der Waals surface area contributed by atoms with Gasteiger partial charge in [-0.15, -0.1) is 0 Å². The summed E-state index contributed by atoms with van der Waals surface area (Å²) >= 11 is 0. The van der Waals surface area contributed by atoms with Crippen molar-refractivity contribution >= 4 is 17.8 Å². The fourth-order valence-corrected chi connectivity index (χ4v) is 1.95. The average Bonchev–Trinajstić information content (AvgIpc) is 2.90. The fraction of sp³-hybridized carbons (Fsp3) is 0.357. The number of hydrogen-bond donors (Lipinski definition) is 1. The summed E-state index contributed by atoms with van der Waals surface area (Å²) in [5, 5.41) is 8.89. The molecule has 0 aliphatic carbocycles. The van der Waals surface area contributed by atoms with Gasteiger partial charge in [-0.2, -0.15) is 0 Å². The van der Waals surface area contributed by atoms with Gasteiger partial charge in [0.25, 0.3) is 5.91 Å². The minimum absolute atomic E-state index is 0.106. The van der Waals surface area contributed by atoms with Crippen molar-refractivity contribution in [2.75, 3.05) is 13.2 Å². The molecule has 2 amide bonds. The SMILES string of the molecule is O=C(OCC(=O)N1CCCC1=O)c1ccc(CO)cc1. The van der Waals surface area contributed by atoms with Crippen LogP contribution in [0.15, 0.2) is 24.3 Å². The summed E-state index contributed by atoms with van der Waals surface area (Å²) in [4.78, 5) is 35.8. The standard InChI is InChI=1S/C14H15NO5/c16-8-10-3-5-11(6-4-10)14(19)20-9-13(18)15-7-1-2-12(15)17/h3-6,16H,1-2,7-9H2. The summed E-state index contributed by atoms with van der Waals surface area (Å²) in [5.41, 5.74) is 0.975. The number of amides is 2. The van der Waals surface area contributed by atoms with Crippen molar-refractivity contribution < 1.29 is 24.2 Å². The van der Waals surface area contributed by atoms with Crippen molar-refractivity contribution in [1.82, 2.24) is 4.90 Å². The highest BCUT2D eigenvalue weighted by Crippen LogP contribution is 2.10. The van der Waals surface area contributed by atoms with Gasteiger partial charge in [-0.1, -0.05) is 12.1 Å². The van der Waals surface area contributed by atoms with Crippen LogP contribution in [0.2, 0.25) is 0 Å². The van der Waals surface area contributed by atoms with Crippen LogP contribution in [0.3, 0.4) is 0 Å². The highest BCUT2D eigenvalue weighted by molar-refractivity contribution is 5.98. The summed E-state index contributed by atoms with van der Waals surface area (Å²) < 4.78 is 4.88. The van der Waals surface area contributed by atoms with Gasteiger partial charge in [-0.25, -0.2) is 4.79 Å². The van der Waals surface area contributed by atoms with Gasteiger partial charge in [0.2, 0.25) is 5.91 Å². The van der Waals surface area contributed by atoms with E-state index in [1.165, 1.54) is 12.1 Å². The van der Waals surface area contributed by atoms with E-state index in [0.29, 0.717) is 30.5 Å². The third-order valence-corrected chi connectivity index (χ3v) is 3.07. The number of ether oxygens (including phenoxy) is 1. The first kappa shape index (κ1) is 14.2. The van der Waals surface area contributed by atoms with Crippen molar-refractivity contribution in [2.24, 2.45) is 0 Å². The Morgan fingerprint density at radius 1 is 1.25 bits per heavy atom. The Labute approximate surface area is 115 Å². The molecule has 0 spiro atoms. The lowest BCUT2D eigenvalue weighted by molar-refractivity contribution is -0.143. The van der Waals surface area contributed by atoms with Crippen LogP contribution in [-0.2, 0) is 20.9 Å². The Bertz CT molecular complexity index is 523. The van der Waals surface area contributed by atoms with Crippen molar-refractivity contribution in [3.05, 3.63) is 35.4 Å². The molecule has 0 aromatic heterocycles. The lowest BCUT2D eigenvalue weighted by atomic mass is 10.1. The normalized spacial score (nSPS) is 14.4. The Balaban J connectivity index is 1.88. The van der Waals surface area contributed by atoms with Crippen LogP contribution < -0.4 is 0 Å². The van der Waals surface area contributed by atoms with Crippen molar-refractivity contribution in [3.8, 4) is 0 Å². The third-order valence-electron chi connectivity index (χ3n) is 3.07. The molecule has 20 heavy (non-hydrogen) atoms. The number of rotatable bonds is 4. The lowest BCUT2D eigenvalue weighted by Crippen LogP contribution is -2.35. The molecule has 0 radical (unpaired) electrons. The molecular formula is C14H15NO5. The lowest BCUT2D eigenvalue weighted by Gasteiger charge is -2.13. The molecule has 1 aliphatic heterocycles. The molecule has 0 saturated carbocycles. The number of benzene rings is 1. The maximum atomic E-state index is 11.7. The van der Waals surface area contributed by atoms with Gasteiger partial charge in [-0.3, -0.25) is 14.5 Å². The molecule has 1 N–H and O–H groups in total. The van der Waals surface area contributed by atoms with E-state index in [1.807, 2.05) is 0 Å². The first-order chi connectivity index (χ1) is 9.61. The Hall–Kier alpha value is -2.21. The molecule has 1 aromatic carbocycles. The van der Waals surface area contributed by atoms with E-state index >= 15 is 0 Å². The zero-order valence-electron chi connectivity index (χ0n) is 10.9. The van der Waals surface area contributed by atoms with E-state index in [0.717, 1.165) is 4.90 Å². The second kappa shape index (κ2) is 6.29. The van der Waals surface area contributed by atoms with E-state index in [1.54, 1.807) is 12.1 Å². The predicted octanol–water partition coefficient (Wildman–Crippen LogP) is 0.485. The minimum atomic E-state index is -0.630. The van der Waals surface area contributed by atoms with Gasteiger partial charge in [0.05, 0.1) is 12.2 Å². The minimum Gasteiger partial charge on any atom is -0.452 e. The number of aliphatic hydroxyl groups excluding tert-OH is 1. The van der Waals surface area contributed by atoms with Crippen LogP contribution in [0.5, 0.6) is 0 Å². The summed E-state index contributed by atoms with van der Waals surface area (Å²) in [5.74, 6) is -1.35. The van der Waals surface area contributed by atoms with Gasteiger partial charge < -0.3 is 9.84 Å². The predicted molar refractivity (Wildman–Crippen MR) is 68.6 cm³/mol. The Kier molecular flexibility index (Phi) is 4.47. The number of esters is 1. The molecular weight excluding hydrogens is 262 g/mol. The number of carbonyl (C=O) groups excluding carboxylic acids is 3. The van der Waals surface area contributed by atoms with E-state index in [9.17, 15) is 14.4 Å². The molecule has 2 rings (SSSR count). The van der Waals surface area contributed by atoms with Crippen LogP contribution in [0.1, 0.15) is 28.8 Å². The number of aliphatic hydroxyl groups is 1. The molecule has 106 valence electrons. The molecule has 1 fully saturated rings. The number of carbonyl (C=O) groups is 3.